The average molecular weight is 299 g/mol. The second kappa shape index (κ2) is 6.02. The third kappa shape index (κ3) is 3.09. The van der Waals surface area contributed by atoms with Crippen molar-refractivity contribution >= 4 is 11.6 Å². The molecule has 0 aliphatic carbocycles. The Bertz CT molecular complexity index is 760. The van der Waals surface area contributed by atoms with E-state index >= 15 is 0 Å². The van der Waals surface area contributed by atoms with Gasteiger partial charge in [0.05, 0.1) is 17.6 Å². The minimum atomic E-state index is -0.263. The van der Waals surface area contributed by atoms with Gasteiger partial charge in [-0.2, -0.15) is 0 Å². The molecule has 1 aromatic heterocycles. The normalized spacial score (nSPS) is 10.6. The predicted octanol–water partition coefficient (Wildman–Crippen LogP) is 4.53. The molecule has 3 rings (SSSR count). The molecule has 0 bridgehead atoms. The van der Waals surface area contributed by atoms with E-state index in [4.69, 9.17) is 11.6 Å². The van der Waals surface area contributed by atoms with Crippen LogP contribution in [0, 0.1) is 5.82 Å². The van der Waals surface area contributed by atoms with Crippen molar-refractivity contribution in [2.24, 2.45) is 0 Å². The molecule has 0 fully saturated rings. The van der Waals surface area contributed by atoms with Crippen LogP contribution in [0.15, 0.2) is 60.8 Å². The van der Waals surface area contributed by atoms with Crippen molar-refractivity contribution in [1.82, 2.24) is 9.97 Å². The number of aromatic nitrogens is 2. The van der Waals surface area contributed by atoms with Gasteiger partial charge in [-0.25, -0.2) is 14.4 Å². The van der Waals surface area contributed by atoms with Crippen molar-refractivity contribution in [3.8, 4) is 11.3 Å². The molecule has 0 aliphatic heterocycles. The van der Waals surface area contributed by atoms with Gasteiger partial charge in [-0.05, 0) is 11.6 Å². The van der Waals surface area contributed by atoms with Crippen LogP contribution < -0.4 is 0 Å². The van der Waals surface area contributed by atoms with Gasteiger partial charge < -0.3 is 0 Å². The Balaban J connectivity index is 1.98. The summed E-state index contributed by atoms with van der Waals surface area (Å²) in [5.41, 5.74) is 2.81. The number of hydrogen-bond donors (Lipinski definition) is 0. The van der Waals surface area contributed by atoms with Crippen LogP contribution >= 0.6 is 11.6 Å². The number of nitrogens with zero attached hydrogens (tertiary/aromatic N) is 2. The van der Waals surface area contributed by atoms with E-state index in [1.807, 2.05) is 30.3 Å². The number of hydrogen-bond acceptors (Lipinski definition) is 2. The van der Waals surface area contributed by atoms with Crippen molar-refractivity contribution in [1.29, 1.82) is 0 Å². The molecule has 0 saturated carbocycles. The molecule has 0 unspecified atom stereocenters. The molecule has 0 atom stereocenters. The van der Waals surface area contributed by atoms with E-state index in [0.29, 0.717) is 22.8 Å². The Hall–Kier alpha value is -2.26. The molecule has 1 heterocycles. The largest absolute Gasteiger partial charge is 0.248 e. The Morgan fingerprint density at radius 3 is 2.43 bits per heavy atom. The van der Waals surface area contributed by atoms with E-state index in [-0.39, 0.29) is 5.82 Å². The molecule has 0 aliphatic rings. The molecular weight excluding hydrogens is 287 g/mol. The summed E-state index contributed by atoms with van der Waals surface area (Å²) in [4.78, 5) is 8.68. The lowest BCUT2D eigenvalue weighted by Gasteiger charge is -2.07. The summed E-state index contributed by atoms with van der Waals surface area (Å²) in [6.45, 7) is 0. The number of rotatable bonds is 3. The highest BCUT2D eigenvalue weighted by Crippen LogP contribution is 2.22. The molecular formula is C17H12ClFN2. The monoisotopic (exact) mass is 298 g/mol. The van der Waals surface area contributed by atoms with E-state index in [2.05, 4.69) is 9.97 Å². The van der Waals surface area contributed by atoms with Crippen LogP contribution in [0.5, 0.6) is 0 Å². The topological polar surface area (TPSA) is 25.8 Å². The molecule has 0 spiro atoms. The van der Waals surface area contributed by atoms with Crippen LogP contribution in [0.4, 0.5) is 4.39 Å². The summed E-state index contributed by atoms with van der Waals surface area (Å²) in [6.07, 6.45) is 1.95. The molecule has 2 nitrogen and oxygen atoms in total. The molecule has 0 radical (unpaired) electrons. The molecule has 3 aromatic rings. The molecule has 0 N–H and O–H groups in total. The zero-order valence-corrected chi connectivity index (χ0v) is 11.9. The molecule has 104 valence electrons. The van der Waals surface area contributed by atoms with E-state index < -0.39 is 0 Å². The van der Waals surface area contributed by atoms with Crippen LogP contribution in [0.25, 0.3) is 11.3 Å². The van der Waals surface area contributed by atoms with E-state index in [9.17, 15) is 4.39 Å². The van der Waals surface area contributed by atoms with Gasteiger partial charge in [0.25, 0.3) is 0 Å². The van der Waals surface area contributed by atoms with Crippen molar-refractivity contribution in [2.45, 2.75) is 6.42 Å². The molecule has 2 aromatic carbocycles. The Morgan fingerprint density at radius 1 is 0.952 bits per heavy atom. The van der Waals surface area contributed by atoms with Crippen LogP contribution in [0.3, 0.4) is 0 Å². The first-order valence-electron chi connectivity index (χ1n) is 6.54. The standard InChI is InChI=1S/C17H12ClFN2/c18-17-15(10-13-8-4-5-9-14(13)19)21-16(11-20-17)12-6-2-1-3-7-12/h1-9,11H,10H2. The van der Waals surface area contributed by atoms with Crippen LogP contribution in [-0.4, -0.2) is 9.97 Å². The Labute approximate surface area is 127 Å². The minimum Gasteiger partial charge on any atom is -0.248 e. The minimum absolute atomic E-state index is 0.263. The number of benzene rings is 2. The summed E-state index contributed by atoms with van der Waals surface area (Å²) in [7, 11) is 0. The van der Waals surface area contributed by atoms with E-state index in [1.54, 1.807) is 24.4 Å². The molecule has 0 saturated heterocycles. The quantitative estimate of drug-likeness (QED) is 0.710. The van der Waals surface area contributed by atoms with Gasteiger partial charge in [-0.3, -0.25) is 0 Å². The lowest BCUT2D eigenvalue weighted by atomic mass is 10.1. The van der Waals surface area contributed by atoms with Crippen LogP contribution in [0.2, 0.25) is 5.15 Å². The second-order valence-corrected chi connectivity index (χ2v) is 4.98. The third-order valence-corrected chi connectivity index (χ3v) is 3.49. The van der Waals surface area contributed by atoms with Gasteiger partial charge in [0.15, 0.2) is 5.15 Å². The summed E-state index contributed by atoms with van der Waals surface area (Å²) < 4.78 is 13.7. The SMILES string of the molecule is Fc1ccccc1Cc1nc(-c2ccccc2)cnc1Cl. The smallest absolute Gasteiger partial charge is 0.150 e. The summed E-state index contributed by atoms with van der Waals surface area (Å²) >= 11 is 6.09. The van der Waals surface area contributed by atoms with Gasteiger partial charge in [-0.15, -0.1) is 0 Å². The lowest BCUT2D eigenvalue weighted by Crippen LogP contribution is -1.99. The van der Waals surface area contributed by atoms with Gasteiger partial charge in [-0.1, -0.05) is 60.1 Å². The summed E-state index contributed by atoms with van der Waals surface area (Å²) in [5, 5.41) is 0.304. The van der Waals surface area contributed by atoms with Crippen LogP contribution in [0.1, 0.15) is 11.3 Å². The maximum Gasteiger partial charge on any atom is 0.150 e. The second-order valence-electron chi connectivity index (χ2n) is 4.63. The highest BCUT2D eigenvalue weighted by molar-refractivity contribution is 6.30. The van der Waals surface area contributed by atoms with E-state index in [0.717, 1.165) is 11.3 Å². The van der Waals surface area contributed by atoms with E-state index in [1.165, 1.54) is 6.07 Å². The predicted molar refractivity (Wildman–Crippen MR) is 81.7 cm³/mol. The summed E-state index contributed by atoms with van der Waals surface area (Å²) in [5.74, 6) is -0.263. The Morgan fingerprint density at radius 2 is 1.67 bits per heavy atom. The van der Waals surface area contributed by atoms with Gasteiger partial charge in [0.1, 0.15) is 5.82 Å². The highest BCUT2D eigenvalue weighted by atomic mass is 35.5. The molecule has 4 heteroatoms. The third-order valence-electron chi connectivity index (χ3n) is 3.18. The highest BCUT2D eigenvalue weighted by Gasteiger charge is 2.10. The summed E-state index contributed by atoms with van der Waals surface area (Å²) in [6, 6.07) is 16.3. The van der Waals surface area contributed by atoms with Gasteiger partial charge in [0.2, 0.25) is 0 Å². The first kappa shape index (κ1) is 13.7. The van der Waals surface area contributed by atoms with Gasteiger partial charge in [0, 0.05) is 12.0 Å². The fraction of sp³-hybridized carbons (Fsp3) is 0.0588. The average Bonchev–Trinajstić information content (AvgIpc) is 2.52. The van der Waals surface area contributed by atoms with Crippen molar-refractivity contribution < 1.29 is 4.39 Å². The fourth-order valence-electron chi connectivity index (χ4n) is 2.10. The fourth-order valence-corrected chi connectivity index (χ4v) is 2.25. The molecule has 21 heavy (non-hydrogen) atoms. The zero-order chi connectivity index (χ0) is 14.7. The van der Waals surface area contributed by atoms with Crippen molar-refractivity contribution in [3.63, 3.8) is 0 Å². The van der Waals surface area contributed by atoms with Crippen molar-refractivity contribution in [3.05, 3.63) is 83.0 Å². The number of halogens is 2. The first-order chi connectivity index (χ1) is 10.2. The first-order valence-corrected chi connectivity index (χ1v) is 6.92. The zero-order valence-electron chi connectivity index (χ0n) is 11.1. The maximum atomic E-state index is 13.7. The van der Waals surface area contributed by atoms with Crippen LogP contribution in [-0.2, 0) is 6.42 Å². The van der Waals surface area contributed by atoms with Crippen molar-refractivity contribution in [2.75, 3.05) is 0 Å². The maximum absolute atomic E-state index is 13.7. The Kier molecular flexibility index (Phi) is 3.93. The van der Waals surface area contributed by atoms with Gasteiger partial charge >= 0.3 is 0 Å². The molecule has 0 amide bonds. The lowest BCUT2D eigenvalue weighted by molar-refractivity contribution is 0.613.